The second-order valence-electron chi connectivity index (χ2n) is 12.3. The Morgan fingerprint density at radius 1 is 1.02 bits per heavy atom. The number of piperazine rings is 1. The van der Waals surface area contributed by atoms with E-state index in [4.69, 9.17) is 0 Å². The summed E-state index contributed by atoms with van der Waals surface area (Å²) in [6, 6.07) is 12.4. The van der Waals surface area contributed by atoms with E-state index in [0.29, 0.717) is 6.42 Å². The number of pyridine rings is 1. The second kappa shape index (κ2) is 10.9. The topological polar surface area (TPSA) is 67.2 Å². The summed E-state index contributed by atoms with van der Waals surface area (Å²) in [5.74, 6) is 1.08. The van der Waals surface area contributed by atoms with Crippen LogP contribution < -0.4 is 4.90 Å². The molecule has 1 aromatic carbocycles. The van der Waals surface area contributed by atoms with Gasteiger partial charge in [0.1, 0.15) is 5.69 Å². The quantitative estimate of drug-likeness (QED) is 0.251. The summed E-state index contributed by atoms with van der Waals surface area (Å²) in [4.78, 5) is 24.7. The fourth-order valence-corrected chi connectivity index (χ4v) is 6.29. The molecule has 0 unspecified atom stereocenters. The Hall–Kier alpha value is -3.36. The Balaban J connectivity index is 1.16. The first kappa shape index (κ1) is 26.8. The average molecular weight is 555 g/mol. The monoisotopic (exact) mass is 554 g/mol. The molecule has 7 nitrogen and oxygen atoms in total. The number of thiophene rings is 1. The lowest BCUT2D eigenvalue weighted by molar-refractivity contribution is 0.0997. The van der Waals surface area contributed by atoms with E-state index in [1.807, 2.05) is 35.4 Å². The second-order valence-corrected chi connectivity index (χ2v) is 13.4. The van der Waals surface area contributed by atoms with Crippen molar-refractivity contribution in [1.82, 2.24) is 24.9 Å². The summed E-state index contributed by atoms with van der Waals surface area (Å²) in [6.07, 6.45) is 8.93. The van der Waals surface area contributed by atoms with Gasteiger partial charge in [-0.05, 0) is 66.5 Å². The molecule has 1 aliphatic carbocycles. The van der Waals surface area contributed by atoms with Gasteiger partial charge in [0.05, 0.1) is 28.6 Å². The summed E-state index contributed by atoms with van der Waals surface area (Å²) in [7, 11) is 0. The smallest absolute Gasteiger partial charge is 0.177 e. The number of nitrogens with zero attached hydrogens (tertiary/aromatic N) is 6. The molecule has 3 aromatic heterocycles. The predicted molar refractivity (Wildman–Crippen MR) is 162 cm³/mol. The SMILES string of the molecule is Cc1ccc(CC(=O)c2ccc(C(C)(C)C)s2)cc1-n1cc(-c2cncc(N3CCN(CC4CC4)CC3)c2)nn1. The minimum Gasteiger partial charge on any atom is -0.368 e. The minimum atomic E-state index is 0.0462. The molecule has 4 heterocycles. The molecule has 0 N–H and O–H groups in total. The van der Waals surface area contributed by atoms with Crippen molar-refractivity contribution >= 4 is 22.8 Å². The zero-order valence-corrected chi connectivity index (χ0v) is 24.7. The number of ketones is 1. The first-order chi connectivity index (χ1) is 19.2. The Bertz CT molecular complexity index is 1500. The molecule has 8 heteroatoms. The lowest BCUT2D eigenvalue weighted by Gasteiger charge is -2.36. The third kappa shape index (κ3) is 6.03. The average Bonchev–Trinajstić information content (AvgIpc) is 3.39. The van der Waals surface area contributed by atoms with Crippen LogP contribution in [0.4, 0.5) is 5.69 Å². The fourth-order valence-electron chi connectivity index (χ4n) is 5.28. The van der Waals surface area contributed by atoms with Crippen LogP contribution >= 0.6 is 11.3 Å². The highest BCUT2D eigenvalue weighted by atomic mass is 32.1. The summed E-state index contributed by atoms with van der Waals surface area (Å²) in [5.41, 5.74) is 5.91. The lowest BCUT2D eigenvalue weighted by atomic mass is 9.95. The first-order valence-electron chi connectivity index (χ1n) is 14.3. The number of carbonyl (C=O) groups excluding carboxylic acids is 1. The number of aromatic nitrogens is 4. The number of rotatable bonds is 8. The molecule has 2 aliphatic rings. The molecule has 4 aromatic rings. The Morgan fingerprint density at radius 2 is 1.82 bits per heavy atom. The molecule has 6 rings (SSSR count). The van der Waals surface area contributed by atoms with Crippen LogP contribution in [0.2, 0.25) is 0 Å². The van der Waals surface area contributed by atoms with Crippen LogP contribution in [0.1, 0.15) is 59.3 Å². The van der Waals surface area contributed by atoms with Gasteiger partial charge in [-0.1, -0.05) is 38.1 Å². The van der Waals surface area contributed by atoms with Crippen LogP contribution in [0.5, 0.6) is 0 Å². The van der Waals surface area contributed by atoms with Crippen molar-refractivity contribution in [3.05, 3.63) is 75.9 Å². The van der Waals surface area contributed by atoms with Gasteiger partial charge in [0, 0.05) is 55.8 Å². The molecule has 2 fully saturated rings. The van der Waals surface area contributed by atoms with Gasteiger partial charge in [0.25, 0.3) is 0 Å². The van der Waals surface area contributed by atoms with Gasteiger partial charge in [-0.15, -0.1) is 16.4 Å². The highest BCUT2D eigenvalue weighted by Crippen LogP contribution is 2.32. The van der Waals surface area contributed by atoms with Crippen molar-refractivity contribution in [3.63, 3.8) is 0 Å². The molecule has 0 atom stereocenters. The number of aryl methyl sites for hydroxylation is 1. The number of hydrogen-bond acceptors (Lipinski definition) is 7. The van der Waals surface area contributed by atoms with Gasteiger partial charge in [-0.3, -0.25) is 14.7 Å². The van der Waals surface area contributed by atoms with Gasteiger partial charge in [-0.25, -0.2) is 4.68 Å². The van der Waals surface area contributed by atoms with E-state index in [2.05, 4.69) is 77.1 Å². The molecule has 1 saturated heterocycles. The number of hydrogen-bond donors (Lipinski definition) is 0. The molecular weight excluding hydrogens is 516 g/mol. The van der Waals surface area contributed by atoms with Gasteiger partial charge in [-0.2, -0.15) is 0 Å². The van der Waals surface area contributed by atoms with Crippen molar-refractivity contribution in [1.29, 1.82) is 0 Å². The van der Waals surface area contributed by atoms with Crippen LogP contribution in [-0.2, 0) is 11.8 Å². The predicted octanol–water partition coefficient (Wildman–Crippen LogP) is 5.95. The third-order valence-corrected chi connectivity index (χ3v) is 9.52. The normalized spacial score (nSPS) is 16.4. The van der Waals surface area contributed by atoms with Gasteiger partial charge in [0.15, 0.2) is 5.78 Å². The zero-order chi connectivity index (χ0) is 27.9. The van der Waals surface area contributed by atoms with Gasteiger partial charge >= 0.3 is 0 Å². The number of carbonyl (C=O) groups is 1. The highest BCUT2D eigenvalue weighted by Gasteiger charge is 2.26. The van der Waals surface area contributed by atoms with E-state index in [1.54, 1.807) is 11.3 Å². The van der Waals surface area contributed by atoms with Crippen LogP contribution in [0, 0.1) is 12.8 Å². The van der Waals surface area contributed by atoms with E-state index in [-0.39, 0.29) is 11.2 Å². The van der Waals surface area contributed by atoms with Crippen molar-refractivity contribution < 1.29 is 4.79 Å². The van der Waals surface area contributed by atoms with Gasteiger partial charge < -0.3 is 4.90 Å². The maximum Gasteiger partial charge on any atom is 0.177 e. The maximum atomic E-state index is 13.1. The Morgan fingerprint density at radius 3 is 2.55 bits per heavy atom. The van der Waals surface area contributed by atoms with E-state index in [0.717, 1.165) is 70.7 Å². The van der Waals surface area contributed by atoms with Crippen LogP contribution in [0.3, 0.4) is 0 Å². The van der Waals surface area contributed by atoms with E-state index < -0.39 is 0 Å². The molecule has 208 valence electrons. The largest absolute Gasteiger partial charge is 0.368 e. The molecule has 40 heavy (non-hydrogen) atoms. The Labute approximate surface area is 240 Å². The highest BCUT2D eigenvalue weighted by molar-refractivity contribution is 7.14. The molecule has 0 amide bonds. The number of Topliss-reactive ketones (excluding diaryl/α,β-unsaturated/α-hetero) is 1. The molecule has 1 aliphatic heterocycles. The van der Waals surface area contributed by atoms with Gasteiger partial charge in [0.2, 0.25) is 0 Å². The van der Waals surface area contributed by atoms with Crippen molar-refractivity contribution in [2.45, 2.75) is 52.4 Å². The number of benzene rings is 1. The Kier molecular flexibility index (Phi) is 7.31. The molecule has 0 bridgehead atoms. The lowest BCUT2D eigenvalue weighted by Crippen LogP contribution is -2.47. The maximum absolute atomic E-state index is 13.1. The van der Waals surface area contributed by atoms with Crippen LogP contribution in [0.15, 0.2) is 55.0 Å². The first-order valence-corrected chi connectivity index (χ1v) is 15.1. The summed E-state index contributed by atoms with van der Waals surface area (Å²) < 4.78 is 1.81. The molecular formula is C32H38N6OS. The van der Waals surface area contributed by atoms with E-state index in [9.17, 15) is 4.79 Å². The van der Waals surface area contributed by atoms with Crippen LogP contribution in [-0.4, -0.2) is 63.4 Å². The molecule has 0 spiro atoms. The third-order valence-electron chi connectivity index (χ3n) is 7.97. The fraction of sp³-hybridized carbons (Fsp3) is 0.438. The molecule has 0 radical (unpaired) electrons. The standard InChI is InChI=1S/C32H38N6OS/c1-22-5-6-24(16-29(39)30-9-10-31(40-30)32(2,3)4)15-28(22)38-21-27(34-35-38)25-17-26(19-33-18-25)37-13-11-36(12-14-37)20-23-7-8-23/h5-6,9-10,15,17-19,21,23H,7-8,11-14,16,20H2,1-4H3. The summed E-state index contributed by atoms with van der Waals surface area (Å²) >= 11 is 1.60. The summed E-state index contributed by atoms with van der Waals surface area (Å²) in [5, 5.41) is 8.94. The van der Waals surface area contributed by atoms with Crippen molar-refractivity contribution in [2.75, 3.05) is 37.6 Å². The van der Waals surface area contributed by atoms with E-state index in [1.165, 1.54) is 24.3 Å². The summed E-state index contributed by atoms with van der Waals surface area (Å²) in [6.45, 7) is 14.1. The number of anilines is 1. The van der Waals surface area contributed by atoms with E-state index >= 15 is 0 Å². The minimum absolute atomic E-state index is 0.0462. The zero-order valence-electron chi connectivity index (χ0n) is 23.9. The van der Waals surface area contributed by atoms with Crippen LogP contribution in [0.25, 0.3) is 16.9 Å². The van der Waals surface area contributed by atoms with Crippen molar-refractivity contribution in [2.24, 2.45) is 5.92 Å². The van der Waals surface area contributed by atoms with Crippen molar-refractivity contribution in [3.8, 4) is 16.9 Å². The molecule has 1 saturated carbocycles.